The molecule has 1 aliphatic heterocycles. The molecule has 2 unspecified atom stereocenters. The van der Waals surface area contributed by atoms with Crippen LogP contribution in [-0.4, -0.2) is 17.3 Å². The Morgan fingerprint density at radius 2 is 1.91 bits per heavy atom. The summed E-state index contributed by atoms with van der Waals surface area (Å²) in [7, 11) is 0. The van der Waals surface area contributed by atoms with E-state index in [0.29, 0.717) is 5.92 Å². The molecule has 0 amide bonds. The summed E-state index contributed by atoms with van der Waals surface area (Å²) < 4.78 is 19.6. The lowest BCUT2D eigenvalue weighted by molar-refractivity contribution is 0.0696. The number of ether oxygens (including phenoxy) is 1. The number of benzene rings is 2. The molecule has 1 saturated carbocycles. The molecule has 2 aromatic carbocycles. The molecule has 23 heavy (non-hydrogen) atoms. The van der Waals surface area contributed by atoms with Gasteiger partial charge in [-0.1, -0.05) is 24.3 Å². The summed E-state index contributed by atoms with van der Waals surface area (Å²) in [6, 6.07) is 12.0. The zero-order valence-corrected chi connectivity index (χ0v) is 12.3. The van der Waals surface area contributed by atoms with E-state index in [4.69, 9.17) is 9.84 Å². The van der Waals surface area contributed by atoms with Gasteiger partial charge in [0.25, 0.3) is 0 Å². The lowest BCUT2D eigenvalue weighted by Gasteiger charge is -2.07. The van der Waals surface area contributed by atoms with Crippen molar-refractivity contribution in [2.24, 2.45) is 0 Å². The highest BCUT2D eigenvalue weighted by molar-refractivity contribution is 5.88. The summed E-state index contributed by atoms with van der Waals surface area (Å²) in [5.41, 5.74) is 2.67. The van der Waals surface area contributed by atoms with E-state index in [1.54, 1.807) is 0 Å². The monoisotopic (exact) mass is 313 g/mol. The Labute approximate surface area is 132 Å². The summed E-state index contributed by atoms with van der Waals surface area (Å²) in [5, 5.41) is 11.9. The fraction of sp³-hybridized carbons (Fsp3) is 0.278. The molecular weight excluding hydrogens is 297 g/mol. The van der Waals surface area contributed by atoms with Gasteiger partial charge in [-0.15, -0.1) is 0 Å². The van der Waals surface area contributed by atoms with Crippen LogP contribution in [-0.2, 0) is 4.74 Å². The molecule has 1 aliphatic carbocycles. The van der Waals surface area contributed by atoms with Crippen LogP contribution in [0.15, 0.2) is 42.5 Å². The number of nitrogens with one attached hydrogen (secondary N) is 1. The SMILES string of the molecule is O=C(O)c1ccc(NC2OC2c2ccccc2C2CC2)c(F)c1. The molecule has 0 spiro atoms. The van der Waals surface area contributed by atoms with Crippen LogP contribution in [0.4, 0.5) is 10.1 Å². The minimum Gasteiger partial charge on any atom is -0.478 e. The quantitative estimate of drug-likeness (QED) is 0.822. The Kier molecular flexibility index (Phi) is 3.31. The fourth-order valence-electron chi connectivity index (χ4n) is 2.91. The summed E-state index contributed by atoms with van der Waals surface area (Å²) >= 11 is 0. The number of rotatable bonds is 5. The standard InChI is InChI=1S/C18H16FNO3/c19-14-9-11(18(21)22)7-8-15(14)20-17-16(23-17)13-4-2-1-3-12(13)10-5-6-10/h1-4,7-10,16-17,20H,5-6H2,(H,21,22). The van der Waals surface area contributed by atoms with Gasteiger partial charge >= 0.3 is 5.97 Å². The normalized spacial score (nSPS) is 22.7. The van der Waals surface area contributed by atoms with E-state index in [1.165, 1.54) is 30.5 Å². The van der Waals surface area contributed by atoms with E-state index < -0.39 is 11.8 Å². The van der Waals surface area contributed by atoms with Gasteiger partial charge in [-0.3, -0.25) is 0 Å². The molecule has 4 nitrogen and oxygen atoms in total. The zero-order valence-electron chi connectivity index (χ0n) is 12.3. The van der Waals surface area contributed by atoms with Crippen LogP contribution in [0.2, 0.25) is 0 Å². The van der Waals surface area contributed by atoms with Gasteiger partial charge in [-0.2, -0.15) is 0 Å². The molecule has 0 radical (unpaired) electrons. The summed E-state index contributed by atoms with van der Waals surface area (Å²) in [6.07, 6.45) is 2.07. The van der Waals surface area contributed by atoms with Gasteiger partial charge in [-0.25, -0.2) is 9.18 Å². The second-order valence-corrected chi connectivity index (χ2v) is 6.02. The molecule has 2 atom stereocenters. The maximum Gasteiger partial charge on any atom is 0.335 e. The van der Waals surface area contributed by atoms with Crippen molar-refractivity contribution in [3.63, 3.8) is 0 Å². The number of epoxide rings is 1. The minimum absolute atomic E-state index is 0.0691. The van der Waals surface area contributed by atoms with E-state index in [9.17, 15) is 9.18 Å². The molecule has 2 aliphatic rings. The number of aromatic carboxylic acids is 1. The van der Waals surface area contributed by atoms with Crippen LogP contribution in [0, 0.1) is 5.82 Å². The maximum atomic E-state index is 14.0. The van der Waals surface area contributed by atoms with Crippen LogP contribution in [0.5, 0.6) is 0 Å². The van der Waals surface area contributed by atoms with Crippen LogP contribution in [0.25, 0.3) is 0 Å². The first kappa shape index (κ1) is 14.2. The highest BCUT2D eigenvalue weighted by Crippen LogP contribution is 2.48. The first-order valence-corrected chi connectivity index (χ1v) is 7.67. The second-order valence-electron chi connectivity index (χ2n) is 6.02. The Bertz CT molecular complexity index is 773. The van der Waals surface area contributed by atoms with E-state index in [-0.39, 0.29) is 23.6 Å². The largest absolute Gasteiger partial charge is 0.478 e. The number of carbonyl (C=O) groups is 1. The number of hydrogen-bond donors (Lipinski definition) is 2. The molecule has 0 bridgehead atoms. The number of carboxylic acid groups (broad SMARTS) is 1. The zero-order chi connectivity index (χ0) is 16.0. The van der Waals surface area contributed by atoms with Crippen molar-refractivity contribution >= 4 is 11.7 Å². The number of hydrogen-bond acceptors (Lipinski definition) is 3. The van der Waals surface area contributed by atoms with Gasteiger partial charge in [-0.05, 0) is 48.1 Å². The molecule has 1 saturated heterocycles. The smallest absolute Gasteiger partial charge is 0.335 e. The van der Waals surface area contributed by atoms with Crippen molar-refractivity contribution in [3.05, 3.63) is 65.0 Å². The van der Waals surface area contributed by atoms with Crippen LogP contribution >= 0.6 is 0 Å². The first-order chi connectivity index (χ1) is 11.1. The number of anilines is 1. The molecule has 1 heterocycles. The van der Waals surface area contributed by atoms with Gasteiger partial charge in [0.05, 0.1) is 11.3 Å². The average molecular weight is 313 g/mol. The van der Waals surface area contributed by atoms with Crippen LogP contribution in [0.1, 0.15) is 46.3 Å². The third-order valence-electron chi connectivity index (χ3n) is 4.33. The Morgan fingerprint density at radius 3 is 2.57 bits per heavy atom. The molecule has 118 valence electrons. The minimum atomic E-state index is -1.14. The highest BCUT2D eigenvalue weighted by Gasteiger charge is 2.43. The van der Waals surface area contributed by atoms with Gasteiger partial charge in [0.2, 0.25) is 0 Å². The van der Waals surface area contributed by atoms with Crippen molar-refractivity contribution in [2.45, 2.75) is 31.1 Å². The van der Waals surface area contributed by atoms with E-state index in [1.807, 2.05) is 12.1 Å². The van der Waals surface area contributed by atoms with Crippen molar-refractivity contribution in [1.29, 1.82) is 0 Å². The lowest BCUT2D eigenvalue weighted by atomic mass is 10.0. The van der Waals surface area contributed by atoms with Crippen molar-refractivity contribution in [3.8, 4) is 0 Å². The maximum absolute atomic E-state index is 14.0. The average Bonchev–Trinajstić information content (AvgIpc) is 3.44. The molecule has 4 rings (SSSR count). The molecular formula is C18H16FNO3. The van der Waals surface area contributed by atoms with Gasteiger partial charge < -0.3 is 15.2 Å². The van der Waals surface area contributed by atoms with Gasteiger partial charge in [0, 0.05) is 0 Å². The molecule has 2 aromatic rings. The fourth-order valence-corrected chi connectivity index (χ4v) is 2.91. The van der Waals surface area contributed by atoms with E-state index in [0.717, 1.165) is 11.6 Å². The first-order valence-electron chi connectivity index (χ1n) is 7.67. The van der Waals surface area contributed by atoms with Gasteiger partial charge in [0.1, 0.15) is 11.9 Å². The molecule has 5 heteroatoms. The third kappa shape index (κ3) is 2.80. The lowest BCUT2D eigenvalue weighted by Crippen LogP contribution is -2.08. The molecule has 2 fully saturated rings. The number of halogens is 1. The van der Waals surface area contributed by atoms with Crippen molar-refractivity contribution < 1.29 is 19.0 Å². The number of carboxylic acids is 1. The Hall–Kier alpha value is -2.40. The Morgan fingerprint density at radius 1 is 1.17 bits per heavy atom. The highest BCUT2D eigenvalue weighted by atomic mass is 19.1. The van der Waals surface area contributed by atoms with E-state index >= 15 is 0 Å². The van der Waals surface area contributed by atoms with Gasteiger partial charge in [0.15, 0.2) is 6.23 Å². The predicted octanol–water partition coefficient (Wildman–Crippen LogP) is 3.91. The van der Waals surface area contributed by atoms with Crippen molar-refractivity contribution in [1.82, 2.24) is 0 Å². The topological polar surface area (TPSA) is 61.9 Å². The van der Waals surface area contributed by atoms with E-state index in [2.05, 4.69) is 17.4 Å². The molecule has 0 aromatic heterocycles. The summed E-state index contributed by atoms with van der Waals surface area (Å²) in [6.45, 7) is 0. The second kappa shape index (κ2) is 5.35. The third-order valence-corrected chi connectivity index (χ3v) is 4.33. The molecule has 2 N–H and O–H groups in total. The Balaban J connectivity index is 1.49. The summed E-state index contributed by atoms with van der Waals surface area (Å²) in [4.78, 5) is 10.8. The predicted molar refractivity (Wildman–Crippen MR) is 83.0 cm³/mol. The van der Waals surface area contributed by atoms with Crippen LogP contribution in [0.3, 0.4) is 0 Å². The summed E-state index contributed by atoms with van der Waals surface area (Å²) in [5.74, 6) is -1.10. The van der Waals surface area contributed by atoms with Crippen LogP contribution < -0.4 is 5.32 Å². The van der Waals surface area contributed by atoms with Crippen molar-refractivity contribution in [2.75, 3.05) is 5.32 Å².